The first-order valence-corrected chi connectivity index (χ1v) is 5.22. The zero-order valence-electron chi connectivity index (χ0n) is 9.71. The van der Waals surface area contributed by atoms with Crippen molar-refractivity contribution in [2.45, 2.75) is 19.9 Å². The molecule has 17 heavy (non-hydrogen) atoms. The molecule has 0 saturated heterocycles. The van der Waals surface area contributed by atoms with Crippen LogP contribution >= 0.6 is 0 Å². The highest BCUT2D eigenvalue weighted by Gasteiger charge is 2.02. The number of nitro benzene ring substituents is 1. The number of nitro groups is 1. The minimum atomic E-state index is -0.459. The predicted molar refractivity (Wildman–Crippen MR) is 65.4 cm³/mol. The van der Waals surface area contributed by atoms with Gasteiger partial charge in [0.15, 0.2) is 0 Å². The van der Waals surface area contributed by atoms with Crippen LogP contribution in [-0.2, 0) is 4.79 Å². The molecular weight excluding hydrogens is 220 g/mol. The van der Waals surface area contributed by atoms with E-state index < -0.39 is 4.92 Å². The molecule has 0 atom stereocenters. The molecule has 0 radical (unpaired) electrons. The lowest BCUT2D eigenvalue weighted by atomic mass is 10.2. The first-order valence-electron chi connectivity index (χ1n) is 5.22. The molecule has 0 saturated carbocycles. The molecule has 1 aromatic rings. The molecule has 0 aliphatic carbocycles. The molecule has 1 N–H and O–H groups in total. The fraction of sp³-hybridized carbons (Fsp3) is 0.250. The molecule has 0 spiro atoms. The van der Waals surface area contributed by atoms with Crippen molar-refractivity contribution in [3.05, 3.63) is 46.0 Å². The Morgan fingerprint density at radius 1 is 1.35 bits per heavy atom. The van der Waals surface area contributed by atoms with Crippen LogP contribution in [0.3, 0.4) is 0 Å². The fourth-order valence-electron chi connectivity index (χ4n) is 1.21. The van der Waals surface area contributed by atoms with Gasteiger partial charge in [0, 0.05) is 24.3 Å². The number of nitrogens with one attached hydrogen (secondary N) is 1. The zero-order valence-corrected chi connectivity index (χ0v) is 9.71. The van der Waals surface area contributed by atoms with Gasteiger partial charge < -0.3 is 5.32 Å². The van der Waals surface area contributed by atoms with E-state index in [1.165, 1.54) is 18.2 Å². The van der Waals surface area contributed by atoms with Gasteiger partial charge in [0.1, 0.15) is 0 Å². The van der Waals surface area contributed by atoms with Crippen molar-refractivity contribution in [2.24, 2.45) is 0 Å². The summed E-state index contributed by atoms with van der Waals surface area (Å²) < 4.78 is 0. The lowest BCUT2D eigenvalue weighted by Crippen LogP contribution is -2.28. The van der Waals surface area contributed by atoms with Crippen LogP contribution in [0.1, 0.15) is 19.4 Å². The van der Waals surface area contributed by atoms with E-state index >= 15 is 0 Å². The Labute approximate surface area is 99.3 Å². The summed E-state index contributed by atoms with van der Waals surface area (Å²) in [5, 5.41) is 13.1. The van der Waals surface area contributed by atoms with Gasteiger partial charge in [0.2, 0.25) is 5.91 Å². The highest BCUT2D eigenvalue weighted by Crippen LogP contribution is 2.12. The average molecular weight is 234 g/mol. The van der Waals surface area contributed by atoms with E-state index in [9.17, 15) is 14.9 Å². The molecule has 0 unspecified atom stereocenters. The highest BCUT2D eigenvalue weighted by molar-refractivity contribution is 5.91. The zero-order chi connectivity index (χ0) is 12.8. The first kappa shape index (κ1) is 12.9. The van der Waals surface area contributed by atoms with Crippen LogP contribution in [-0.4, -0.2) is 16.9 Å². The molecule has 5 heteroatoms. The lowest BCUT2D eigenvalue weighted by Gasteiger charge is -2.03. The van der Waals surface area contributed by atoms with Crippen LogP contribution in [0.15, 0.2) is 30.3 Å². The van der Waals surface area contributed by atoms with Crippen molar-refractivity contribution in [3.8, 4) is 0 Å². The van der Waals surface area contributed by atoms with Gasteiger partial charge in [-0.15, -0.1) is 0 Å². The predicted octanol–water partition coefficient (Wildman–Crippen LogP) is 2.13. The van der Waals surface area contributed by atoms with Crippen molar-refractivity contribution in [2.75, 3.05) is 0 Å². The van der Waals surface area contributed by atoms with Crippen LogP contribution in [0, 0.1) is 10.1 Å². The number of benzene rings is 1. The molecule has 0 aromatic heterocycles. The smallest absolute Gasteiger partial charge is 0.269 e. The minimum absolute atomic E-state index is 0.0359. The van der Waals surface area contributed by atoms with Crippen molar-refractivity contribution >= 4 is 17.7 Å². The molecule has 1 amide bonds. The van der Waals surface area contributed by atoms with Crippen LogP contribution < -0.4 is 5.32 Å². The number of rotatable bonds is 4. The summed E-state index contributed by atoms with van der Waals surface area (Å²) in [5.74, 6) is -0.182. The van der Waals surface area contributed by atoms with Gasteiger partial charge in [-0.05, 0) is 37.6 Å². The second kappa shape index (κ2) is 5.79. The van der Waals surface area contributed by atoms with Gasteiger partial charge in [-0.1, -0.05) is 0 Å². The Hall–Kier alpha value is -2.17. The van der Waals surface area contributed by atoms with E-state index in [4.69, 9.17) is 0 Å². The standard InChI is InChI=1S/C12H14N2O3/c1-9(2)13-12(15)8-5-10-3-6-11(7-4-10)14(16)17/h3-9H,1-2H3,(H,13,15)/b8-5+. The lowest BCUT2D eigenvalue weighted by molar-refractivity contribution is -0.384. The third-order valence-corrected chi connectivity index (χ3v) is 1.96. The van der Waals surface area contributed by atoms with Gasteiger partial charge in [0.05, 0.1) is 4.92 Å². The third kappa shape index (κ3) is 4.46. The molecule has 0 aliphatic rings. The topological polar surface area (TPSA) is 72.2 Å². The molecule has 0 heterocycles. The maximum absolute atomic E-state index is 11.3. The van der Waals surface area contributed by atoms with Crippen molar-refractivity contribution in [3.63, 3.8) is 0 Å². The number of non-ortho nitro benzene ring substituents is 1. The number of carbonyl (C=O) groups excluding carboxylic acids is 1. The van der Waals surface area contributed by atoms with Crippen LogP contribution in [0.4, 0.5) is 5.69 Å². The molecule has 0 fully saturated rings. The average Bonchev–Trinajstić information content (AvgIpc) is 2.26. The van der Waals surface area contributed by atoms with E-state index in [0.717, 1.165) is 5.56 Å². The number of carbonyl (C=O) groups is 1. The molecule has 90 valence electrons. The fourth-order valence-corrected chi connectivity index (χ4v) is 1.21. The highest BCUT2D eigenvalue weighted by atomic mass is 16.6. The van der Waals surface area contributed by atoms with Gasteiger partial charge in [-0.25, -0.2) is 0 Å². The quantitative estimate of drug-likeness (QED) is 0.492. The Morgan fingerprint density at radius 3 is 2.41 bits per heavy atom. The Kier molecular flexibility index (Phi) is 4.39. The van der Waals surface area contributed by atoms with E-state index in [-0.39, 0.29) is 17.6 Å². The summed E-state index contributed by atoms with van der Waals surface area (Å²) in [6.45, 7) is 3.75. The molecule has 1 rings (SSSR count). The van der Waals surface area contributed by atoms with E-state index in [1.54, 1.807) is 18.2 Å². The van der Waals surface area contributed by atoms with Crippen molar-refractivity contribution in [1.29, 1.82) is 0 Å². The van der Waals surface area contributed by atoms with E-state index in [0.29, 0.717) is 0 Å². The Bertz CT molecular complexity index is 436. The molecular formula is C12H14N2O3. The summed E-state index contributed by atoms with van der Waals surface area (Å²) in [6, 6.07) is 6.08. The summed E-state index contributed by atoms with van der Waals surface area (Å²) in [5.41, 5.74) is 0.781. The number of hydrogen-bond donors (Lipinski definition) is 1. The number of nitrogens with zero attached hydrogens (tertiary/aromatic N) is 1. The SMILES string of the molecule is CC(C)NC(=O)/C=C/c1ccc([N+](=O)[O-])cc1. The summed E-state index contributed by atoms with van der Waals surface area (Å²) >= 11 is 0. The first-order chi connectivity index (χ1) is 7.99. The molecule has 5 nitrogen and oxygen atoms in total. The maximum atomic E-state index is 11.3. The molecule has 0 aliphatic heterocycles. The second-order valence-electron chi connectivity index (χ2n) is 3.85. The third-order valence-electron chi connectivity index (χ3n) is 1.96. The van der Waals surface area contributed by atoms with Crippen LogP contribution in [0.5, 0.6) is 0 Å². The summed E-state index contributed by atoms with van der Waals surface area (Å²) in [6.07, 6.45) is 3.02. The summed E-state index contributed by atoms with van der Waals surface area (Å²) in [4.78, 5) is 21.3. The van der Waals surface area contributed by atoms with Crippen LogP contribution in [0.25, 0.3) is 6.08 Å². The van der Waals surface area contributed by atoms with Gasteiger partial charge >= 0.3 is 0 Å². The van der Waals surface area contributed by atoms with Crippen molar-refractivity contribution < 1.29 is 9.72 Å². The number of amides is 1. The molecule has 1 aromatic carbocycles. The Morgan fingerprint density at radius 2 is 1.94 bits per heavy atom. The maximum Gasteiger partial charge on any atom is 0.269 e. The van der Waals surface area contributed by atoms with Gasteiger partial charge in [-0.2, -0.15) is 0 Å². The largest absolute Gasteiger partial charge is 0.350 e. The second-order valence-corrected chi connectivity index (χ2v) is 3.85. The monoisotopic (exact) mass is 234 g/mol. The molecule has 0 bridgehead atoms. The normalized spacial score (nSPS) is 10.8. The van der Waals surface area contributed by atoms with E-state index in [1.807, 2.05) is 13.8 Å². The van der Waals surface area contributed by atoms with Gasteiger partial charge in [0.25, 0.3) is 5.69 Å². The summed E-state index contributed by atoms with van der Waals surface area (Å²) in [7, 11) is 0. The Balaban J connectivity index is 2.66. The van der Waals surface area contributed by atoms with E-state index in [2.05, 4.69) is 5.32 Å². The van der Waals surface area contributed by atoms with Crippen molar-refractivity contribution in [1.82, 2.24) is 5.32 Å². The van der Waals surface area contributed by atoms with Crippen LogP contribution in [0.2, 0.25) is 0 Å². The number of hydrogen-bond acceptors (Lipinski definition) is 3. The minimum Gasteiger partial charge on any atom is -0.350 e. The van der Waals surface area contributed by atoms with Gasteiger partial charge in [-0.3, -0.25) is 14.9 Å².